The molecule has 3 rings (SSSR count). The van der Waals surface area contributed by atoms with Gasteiger partial charge in [-0.1, -0.05) is 30.3 Å². The van der Waals surface area contributed by atoms with Gasteiger partial charge in [0.15, 0.2) is 5.96 Å². The van der Waals surface area contributed by atoms with Crippen molar-refractivity contribution in [1.29, 1.82) is 0 Å². The number of ether oxygens (including phenoxy) is 1. The second-order valence-corrected chi connectivity index (χ2v) is 7.31. The zero-order chi connectivity index (χ0) is 20.3. The molecule has 0 amide bonds. The lowest BCUT2D eigenvalue weighted by Crippen LogP contribution is -2.46. The number of methoxy groups -OCH3 is 1. The van der Waals surface area contributed by atoms with E-state index < -0.39 is 0 Å². The maximum absolute atomic E-state index is 5.98. The Morgan fingerprint density at radius 1 is 1.03 bits per heavy atom. The Morgan fingerprint density at radius 2 is 1.73 bits per heavy atom. The summed E-state index contributed by atoms with van der Waals surface area (Å²) in [5.74, 6) is 1.41. The summed E-state index contributed by atoms with van der Waals surface area (Å²) in [4.78, 5) is 9.43. The highest BCUT2D eigenvalue weighted by molar-refractivity contribution is 14.0. The van der Waals surface area contributed by atoms with Crippen LogP contribution >= 0.6 is 24.0 Å². The number of nitrogens with one attached hydrogen (secondary N) is 1. The molecule has 0 bridgehead atoms. The van der Waals surface area contributed by atoms with Crippen LogP contribution in [0.15, 0.2) is 59.6 Å². The summed E-state index contributed by atoms with van der Waals surface area (Å²) in [6, 6.07) is 18.8. The smallest absolute Gasteiger partial charge is 0.188 e. The van der Waals surface area contributed by atoms with Gasteiger partial charge in [-0.05, 0) is 42.7 Å². The third kappa shape index (κ3) is 8.02. The lowest BCUT2D eigenvalue weighted by molar-refractivity contribution is 0.256. The van der Waals surface area contributed by atoms with Crippen molar-refractivity contribution in [1.82, 2.24) is 10.2 Å². The Bertz CT molecular complexity index is 746. The fraction of sp³-hybridized carbons (Fsp3) is 0.435. The minimum atomic E-state index is 0. The van der Waals surface area contributed by atoms with Gasteiger partial charge in [-0.2, -0.15) is 0 Å². The number of para-hydroxylation sites is 1. The van der Waals surface area contributed by atoms with Gasteiger partial charge in [0.05, 0.1) is 7.11 Å². The highest BCUT2D eigenvalue weighted by atomic mass is 127. The molecular formula is C23H34IN5O. The van der Waals surface area contributed by atoms with E-state index >= 15 is 0 Å². The van der Waals surface area contributed by atoms with E-state index in [1.807, 2.05) is 12.1 Å². The van der Waals surface area contributed by atoms with Crippen molar-refractivity contribution in [2.45, 2.75) is 12.8 Å². The molecule has 0 saturated carbocycles. The lowest BCUT2D eigenvalue weighted by atomic mass is 10.1. The van der Waals surface area contributed by atoms with E-state index in [-0.39, 0.29) is 24.0 Å². The summed E-state index contributed by atoms with van der Waals surface area (Å²) in [6.45, 7) is 7.00. The van der Waals surface area contributed by atoms with Crippen molar-refractivity contribution in [3.63, 3.8) is 0 Å². The van der Waals surface area contributed by atoms with Crippen LogP contribution in [0.25, 0.3) is 0 Å². The number of anilines is 1. The van der Waals surface area contributed by atoms with Crippen molar-refractivity contribution < 1.29 is 4.74 Å². The fourth-order valence-corrected chi connectivity index (χ4v) is 3.55. The minimum Gasteiger partial charge on any atom is -0.497 e. The molecule has 0 radical (unpaired) electrons. The molecule has 1 saturated heterocycles. The molecular weight excluding hydrogens is 489 g/mol. The molecule has 0 aliphatic carbocycles. The number of nitrogens with two attached hydrogens (primary N) is 1. The average Bonchev–Trinajstić information content (AvgIpc) is 2.78. The van der Waals surface area contributed by atoms with Crippen molar-refractivity contribution in [3.8, 4) is 5.75 Å². The van der Waals surface area contributed by atoms with Crippen LogP contribution in [-0.2, 0) is 6.42 Å². The molecule has 6 nitrogen and oxygen atoms in total. The Morgan fingerprint density at radius 3 is 2.40 bits per heavy atom. The van der Waals surface area contributed by atoms with Crippen LogP contribution in [0.3, 0.4) is 0 Å². The third-order valence-electron chi connectivity index (χ3n) is 5.29. The number of halogens is 1. The average molecular weight is 523 g/mol. The summed E-state index contributed by atoms with van der Waals surface area (Å²) in [7, 11) is 1.68. The maximum atomic E-state index is 5.98. The summed E-state index contributed by atoms with van der Waals surface area (Å²) < 4.78 is 5.18. The van der Waals surface area contributed by atoms with Gasteiger partial charge in [-0.3, -0.25) is 9.89 Å². The molecule has 164 valence electrons. The number of hydrogen-bond acceptors (Lipinski definition) is 4. The van der Waals surface area contributed by atoms with Gasteiger partial charge < -0.3 is 20.7 Å². The molecule has 0 unspecified atom stereocenters. The van der Waals surface area contributed by atoms with Crippen LogP contribution in [-0.4, -0.2) is 63.8 Å². The van der Waals surface area contributed by atoms with E-state index in [4.69, 9.17) is 10.5 Å². The quantitative estimate of drug-likeness (QED) is 0.229. The second kappa shape index (κ2) is 13.3. The molecule has 0 atom stereocenters. The van der Waals surface area contributed by atoms with Gasteiger partial charge in [0.1, 0.15) is 5.75 Å². The topological polar surface area (TPSA) is 66.1 Å². The summed E-state index contributed by atoms with van der Waals surface area (Å²) in [5, 5.41) is 3.20. The molecule has 2 aromatic carbocycles. The Hall–Kier alpha value is -2.00. The van der Waals surface area contributed by atoms with Crippen molar-refractivity contribution >= 4 is 35.6 Å². The molecule has 1 aliphatic rings. The number of guanidine groups is 1. The predicted octanol–water partition coefficient (Wildman–Crippen LogP) is 2.97. The number of hydrogen-bond donors (Lipinski definition) is 2. The molecule has 30 heavy (non-hydrogen) atoms. The van der Waals surface area contributed by atoms with Crippen molar-refractivity contribution in [3.05, 3.63) is 60.2 Å². The first-order valence-electron chi connectivity index (χ1n) is 10.4. The first-order valence-corrected chi connectivity index (χ1v) is 10.4. The van der Waals surface area contributed by atoms with E-state index in [0.717, 1.165) is 64.4 Å². The molecule has 0 spiro atoms. The predicted molar refractivity (Wildman–Crippen MR) is 136 cm³/mol. The van der Waals surface area contributed by atoms with Crippen molar-refractivity contribution in [2.75, 3.05) is 57.8 Å². The Labute approximate surface area is 197 Å². The first-order chi connectivity index (χ1) is 14.2. The number of aliphatic imine (C=N–C) groups is 1. The van der Waals surface area contributed by atoms with Crippen LogP contribution < -0.4 is 20.7 Å². The normalized spacial score (nSPS) is 14.8. The van der Waals surface area contributed by atoms with Gasteiger partial charge in [0.2, 0.25) is 0 Å². The Kier molecular flexibility index (Phi) is 10.8. The van der Waals surface area contributed by atoms with Gasteiger partial charge >= 0.3 is 0 Å². The highest BCUT2D eigenvalue weighted by Gasteiger charge is 2.16. The molecule has 7 heteroatoms. The van der Waals surface area contributed by atoms with E-state index in [1.54, 1.807) is 7.11 Å². The SMILES string of the molecule is COc1ccc(CCNC(N)=NCCCN2CCN(c3ccccc3)CC2)cc1.I. The lowest BCUT2D eigenvalue weighted by Gasteiger charge is -2.36. The zero-order valence-electron chi connectivity index (χ0n) is 17.8. The van der Waals surface area contributed by atoms with E-state index in [2.05, 4.69) is 62.6 Å². The summed E-state index contributed by atoms with van der Waals surface area (Å²) >= 11 is 0. The van der Waals surface area contributed by atoms with Crippen molar-refractivity contribution in [2.24, 2.45) is 10.7 Å². The van der Waals surface area contributed by atoms with Gasteiger partial charge in [-0.15, -0.1) is 24.0 Å². The Balaban J connectivity index is 0.00000320. The molecule has 1 heterocycles. The van der Waals surface area contributed by atoms with Gasteiger partial charge in [-0.25, -0.2) is 0 Å². The van der Waals surface area contributed by atoms with Gasteiger partial charge in [0.25, 0.3) is 0 Å². The molecule has 1 fully saturated rings. The minimum absolute atomic E-state index is 0. The molecule has 0 aromatic heterocycles. The fourth-order valence-electron chi connectivity index (χ4n) is 3.55. The first kappa shape index (κ1) is 24.3. The largest absolute Gasteiger partial charge is 0.497 e. The molecule has 2 aromatic rings. The standard InChI is InChI=1S/C23H33N5O.HI/c1-29-22-10-8-20(9-11-22)12-14-26-23(24)25-13-5-15-27-16-18-28(19-17-27)21-6-3-2-4-7-21;/h2-4,6-11H,5,12-19H2,1H3,(H3,24,25,26);1H. The van der Waals surface area contributed by atoms with Gasteiger partial charge in [0, 0.05) is 51.5 Å². The number of rotatable bonds is 9. The second-order valence-electron chi connectivity index (χ2n) is 7.31. The number of nitrogens with zero attached hydrogens (tertiary/aromatic N) is 3. The van der Waals surface area contributed by atoms with Crippen LogP contribution in [0.5, 0.6) is 5.75 Å². The van der Waals surface area contributed by atoms with Crippen LogP contribution in [0.1, 0.15) is 12.0 Å². The van der Waals surface area contributed by atoms with Crippen LogP contribution in [0.2, 0.25) is 0 Å². The van der Waals surface area contributed by atoms with E-state index in [9.17, 15) is 0 Å². The van der Waals surface area contributed by atoms with E-state index in [0.29, 0.717) is 5.96 Å². The molecule has 1 aliphatic heterocycles. The van der Waals surface area contributed by atoms with E-state index in [1.165, 1.54) is 11.3 Å². The summed E-state index contributed by atoms with van der Waals surface area (Å²) in [6.07, 6.45) is 1.94. The zero-order valence-corrected chi connectivity index (χ0v) is 20.1. The van der Waals surface area contributed by atoms with Crippen LogP contribution in [0, 0.1) is 0 Å². The highest BCUT2D eigenvalue weighted by Crippen LogP contribution is 2.15. The summed E-state index contributed by atoms with van der Waals surface area (Å²) in [5.41, 5.74) is 8.56. The monoisotopic (exact) mass is 523 g/mol. The molecule has 3 N–H and O–H groups in total. The number of piperazine rings is 1. The van der Waals surface area contributed by atoms with Crippen LogP contribution in [0.4, 0.5) is 5.69 Å². The number of benzene rings is 2. The maximum Gasteiger partial charge on any atom is 0.188 e. The third-order valence-corrected chi connectivity index (χ3v) is 5.29.